The Bertz CT molecular complexity index is 1110. The molecule has 0 saturated heterocycles. The minimum Gasteiger partial charge on any atom is -0.484 e. The molecule has 8 heteroatoms. The van der Waals surface area contributed by atoms with E-state index in [9.17, 15) is 14.4 Å². The van der Waals surface area contributed by atoms with Crippen molar-refractivity contribution in [1.82, 2.24) is 10.6 Å². The number of nitrogens with one attached hydrogen (secondary N) is 2. The summed E-state index contributed by atoms with van der Waals surface area (Å²) >= 11 is 1.48. The Labute approximate surface area is 228 Å². The Morgan fingerprint density at radius 1 is 0.921 bits per heavy atom. The number of hydrogen-bond acceptors (Lipinski definition) is 6. The molecule has 0 radical (unpaired) electrons. The van der Waals surface area contributed by atoms with E-state index >= 15 is 0 Å². The van der Waals surface area contributed by atoms with E-state index in [1.807, 2.05) is 67.6 Å². The lowest BCUT2D eigenvalue weighted by Crippen LogP contribution is -2.42. The lowest BCUT2D eigenvalue weighted by Gasteiger charge is -2.19. The molecule has 202 valence electrons. The lowest BCUT2D eigenvalue weighted by atomic mass is 10.0. The highest BCUT2D eigenvalue weighted by molar-refractivity contribution is 7.99. The Balaban J connectivity index is 1.40. The molecule has 0 aliphatic rings. The maximum atomic E-state index is 13.0. The average Bonchev–Trinajstić information content (AvgIpc) is 3.46. The molecule has 2 aromatic carbocycles. The number of carbonyl (C=O) groups excluding carboxylic acids is 3. The third-order valence-electron chi connectivity index (χ3n) is 5.98. The van der Waals surface area contributed by atoms with Gasteiger partial charge in [0.25, 0.3) is 5.91 Å². The van der Waals surface area contributed by atoms with Gasteiger partial charge in [-0.1, -0.05) is 55.5 Å². The zero-order valence-corrected chi connectivity index (χ0v) is 22.6. The molecule has 0 spiro atoms. The topological polar surface area (TPSA) is 97.6 Å². The Morgan fingerprint density at radius 2 is 1.66 bits per heavy atom. The van der Waals surface area contributed by atoms with Gasteiger partial charge in [0, 0.05) is 13.0 Å². The number of ketones is 1. The van der Waals surface area contributed by atoms with Crippen molar-refractivity contribution in [2.24, 2.45) is 5.92 Å². The number of para-hydroxylation sites is 1. The average molecular weight is 537 g/mol. The molecule has 2 N–H and O–H groups in total. The van der Waals surface area contributed by atoms with Crippen LogP contribution in [-0.2, 0) is 26.6 Å². The predicted octanol–water partition coefficient (Wildman–Crippen LogP) is 4.81. The summed E-state index contributed by atoms with van der Waals surface area (Å²) in [5, 5.41) is 5.81. The number of carbonyl (C=O) groups is 3. The van der Waals surface area contributed by atoms with E-state index in [4.69, 9.17) is 9.15 Å². The van der Waals surface area contributed by atoms with E-state index in [1.165, 1.54) is 11.8 Å². The number of thioether (sulfide) groups is 1. The van der Waals surface area contributed by atoms with Crippen molar-refractivity contribution < 1.29 is 23.5 Å². The SMILES string of the molecule is C[C@@H](CCC(=O)N[C@@H](CCc1ccccc1)C(=O)CSCc1ccco1)CNC(=O)COc1ccccc1. The molecule has 2 amide bonds. The van der Waals surface area contributed by atoms with Crippen LogP contribution < -0.4 is 15.4 Å². The third kappa shape index (κ3) is 11.3. The summed E-state index contributed by atoms with van der Waals surface area (Å²) in [6, 6.07) is 22.3. The number of aryl methyl sites for hydroxylation is 1. The normalized spacial score (nSPS) is 12.3. The molecule has 0 bridgehead atoms. The van der Waals surface area contributed by atoms with E-state index in [1.54, 1.807) is 18.4 Å². The molecule has 1 aromatic heterocycles. The highest BCUT2D eigenvalue weighted by atomic mass is 32.2. The van der Waals surface area contributed by atoms with E-state index in [2.05, 4.69) is 10.6 Å². The van der Waals surface area contributed by atoms with Crippen LogP contribution in [0.15, 0.2) is 83.5 Å². The van der Waals surface area contributed by atoms with Gasteiger partial charge in [-0.3, -0.25) is 14.4 Å². The predicted molar refractivity (Wildman–Crippen MR) is 150 cm³/mol. The first-order valence-corrected chi connectivity index (χ1v) is 14.1. The molecule has 7 nitrogen and oxygen atoms in total. The number of amides is 2. The van der Waals surface area contributed by atoms with E-state index < -0.39 is 6.04 Å². The Hall–Kier alpha value is -3.52. The van der Waals surface area contributed by atoms with Crippen molar-refractivity contribution in [3.63, 3.8) is 0 Å². The van der Waals surface area contributed by atoms with Crippen LogP contribution in [0.1, 0.15) is 37.5 Å². The summed E-state index contributed by atoms with van der Waals surface area (Å²) in [4.78, 5) is 37.8. The second-order valence-corrected chi connectivity index (χ2v) is 10.2. The van der Waals surface area contributed by atoms with E-state index in [0.29, 0.717) is 43.1 Å². The molecular weight excluding hydrogens is 500 g/mol. The summed E-state index contributed by atoms with van der Waals surface area (Å²) in [5.74, 6) is 2.12. The van der Waals surface area contributed by atoms with Crippen LogP contribution in [0.4, 0.5) is 0 Å². The molecule has 3 aromatic rings. The first-order chi connectivity index (χ1) is 18.5. The smallest absolute Gasteiger partial charge is 0.257 e. The van der Waals surface area contributed by atoms with Gasteiger partial charge < -0.3 is 19.8 Å². The van der Waals surface area contributed by atoms with Crippen molar-refractivity contribution in [1.29, 1.82) is 0 Å². The third-order valence-corrected chi connectivity index (χ3v) is 6.96. The van der Waals surface area contributed by atoms with Gasteiger partial charge in [-0.25, -0.2) is 0 Å². The van der Waals surface area contributed by atoms with Gasteiger partial charge in [0.05, 0.1) is 23.8 Å². The van der Waals surface area contributed by atoms with Crippen LogP contribution in [0.5, 0.6) is 5.75 Å². The zero-order valence-electron chi connectivity index (χ0n) is 21.8. The van der Waals surface area contributed by atoms with Crippen molar-refractivity contribution >= 4 is 29.4 Å². The van der Waals surface area contributed by atoms with Gasteiger partial charge in [-0.2, -0.15) is 0 Å². The minimum atomic E-state index is -0.544. The molecule has 2 atom stereocenters. The van der Waals surface area contributed by atoms with Crippen molar-refractivity contribution in [3.05, 3.63) is 90.4 Å². The highest BCUT2D eigenvalue weighted by Gasteiger charge is 2.21. The fraction of sp³-hybridized carbons (Fsp3) is 0.367. The maximum Gasteiger partial charge on any atom is 0.257 e. The van der Waals surface area contributed by atoms with Crippen LogP contribution in [0, 0.1) is 5.92 Å². The van der Waals surface area contributed by atoms with Crippen molar-refractivity contribution in [2.75, 3.05) is 18.9 Å². The van der Waals surface area contributed by atoms with Crippen LogP contribution in [0.2, 0.25) is 0 Å². The number of benzene rings is 2. The van der Waals surface area contributed by atoms with Gasteiger partial charge in [0.15, 0.2) is 12.4 Å². The van der Waals surface area contributed by atoms with Crippen LogP contribution in [0.3, 0.4) is 0 Å². The number of hydrogen-bond donors (Lipinski definition) is 2. The van der Waals surface area contributed by atoms with Gasteiger partial charge in [0.1, 0.15) is 11.5 Å². The van der Waals surface area contributed by atoms with Crippen molar-refractivity contribution in [3.8, 4) is 5.75 Å². The second-order valence-electron chi connectivity index (χ2n) is 9.23. The summed E-state index contributed by atoms with van der Waals surface area (Å²) in [6.45, 7) is 2.37. The van der Waals surface area contributed by atoms with Crippen LogP contribution >= 0.6 is 11.8 Å². The Morgan fingerprint density at radius 3 is 2.37 bits per heavy atom. The zero-order chi connectivity index (χ0) is 27.0. The molecule has 0 unspecified atom stereocenters. The molecule has 3 rings (SSSR count). The fourth-order valence-corrected chi connectivity index (χ4v) is 4.64. The first-order valence-electron chi connectivity index (χ1n) is 12.9. The molecule has 38 heavy (non-hydrogen) atoms. The van der Waals surface area contributed by atoms with Gasteiger partial charge in [-0.05, 0) is 55.0 Å². The minimum absolute atomic E-state index is 0.00423. The number of rotatable bonds is 17. The van der Waals surface area contributed by atoms with Crippen LogP contribution in [-0.4, -0.2) is 42.5 Å². The quantitative estimate of drug-likeness (QED) is 0.257. The number of Topliss-reactive ketones (excluding diaryl/α,β-unsaturated/α-hetero) is 1. The van der Waals surface area contributed by atoms with Crippen LogP contribution in [0.25, 0.3) is 0 Å². The molecule has 0 fully saturated rings. The fourth-order valence-electron chi connectivity index (χ4n) is 3.77. The van der Waals surface area contributed by atoms with Gasteiger partial charge >= 0.3 is 0 Å². The van der Waals surface area contributed by atoms with E-state index in [0.717, 1.165) is 11.3 Å². The molecule has 0 aliphatic heterocycles. The van der Waals surface area contributed by atoms with Crippen molar-refractivity contribution in [2.45, 2.75) is 44.4 Å². The van der Waals surface area contributed by atoms with Gasteiger partial charge in [-0.15, -0.1) is 11.8 Å². The molecule has 0 aliphatic carbocycles. The molecule has 0 saturated carbocycles. The van der Waals surface area contributed by atoms with E-state index in [-0.39, 0.29) is 36.5 Å². The summed E-state index contributed by atoms with van der Waals surface area (Å²) in [6.07, 6.45) is 3.74. The molecular formula is C30H36N2O5S. The second kappa shape index (κ2) is 16.3. The number of furan rings is 1. The summed E-state index contributed by atoms with van der Waals surface area (Å²) in [5.41, 5.74) is 1.13. The maximum absolute atomic E-state index is 13.0. The molecule has 1 heterocycles. The monoisotopic (exact) mass is 536 g/mol. The first kappa shape index (κ1) is 29.0. The highest BCUT2D eigenvalue weighted by Crippen LogP contribution is 2.15. The van der Waals surface area contributed by atoms with Gasteiger partial charge in [0.2, 0.25) is 5.91 Å². The number of ether oxygens (including phenoxy) is 1. The largest absolute Gasteiger partial charge is 0.484 e. The summed E-state index contributed by atoms with van der Waals surface area (Å²) in [7, 11) is 0. The lowest BCUT2D eigenvalue weighted by molar-refractivity contribution is -0.127. The Kier molecular flexibility index (Phi) is 12.5. The standard InChI is InChI=1S/C30H36N2O5S/c1-23(19-31-30(35)20-37-25-11-6-3-7-12-25)14-17-29(34)32-27(16-15-24-9-4-2-5-10-24)28(33)22-38-21-26-13-8-18-36-26/h2-13,18,23,27H,14-17,19-22H2,1H3,(H,31,35)(H,32,34)/t23-,27-/m0/s1. The summed E-state index contributed by atoms with van der Waals surface area (Å²) < 4.78 is 10.8.